The number of pyridine rings is 1. The van der Waals surface area contributed by atoms with E-state index in [-0.39, 0.29) is 22.5 Å². The van der Waals surface area contributed by atoms with Crippen LogP contribution in [0.5, 0.6) is 11.5 Å². The standard InChI is InChI=1S/C23H18ClF3N4O3/c24-18-8-3-14(23(25,26)27)11-19(18)30-22(33)29-15-4-6-16(7-5-15)34-17-9-10-28-20(12-17)31-21(32)13-1-2-13/h3-13H,1-2H2,(H,28,31,32)(H2,29,30,33). The molecule has 1 heterocycles. The van der Waals surface area contributed by atoms with E-state index in [1.165, 1.54) is 6.20 Å². The number of anilines is 3. The first kappa shape index (κ1) is 23.4. The van der Waals surface area contributed by atoms with Crippen LogP contribution >= 0.6 is 11.6 Å². The third kappa shape index (κ3) is 6.16. The molecule has 1 fully saturated rings. The number of rotatable bonds is 6. The normalized spacial score (nSPS) is 13.2. The number of hydrogen-bond donors (Lipinski definition) is 3. The molecule has 0 bridgehead atoms. The molecule has 1 aromatic heterocycles. The molecule has 1 aliphatic carbocycles. The number of aromatic nitrogens is 1. The summed E-state index contributed by atoms with van der Waals surface area (Å²) in [4.78, 5) is 28.2. The van der Waals surface area contributed by atoms with Gasteiger partial charge in [0.05, 0.1) is 16.3 Å². The zero-order valence-electron chi connectivity index (χ0n) is 17.4. The highest BCUT2D eigenvalue weighted by atomic mass is 35.5. The molecular weight excluding hydrogens is 473 g/mol. The number of hydrogen-bond acceptors (Lipinski definition) is 4. The van der Waals surface area contributed by atoms with Gasteiger partial charge in [0.2, 0.25) is 5.91 Å². The van der Waals surface area contributed by atoms with Crippen molar-refractivity contribution in [1.82, 2.24) is 4.98 Å². The Kier molecular flexibility index (Phi) is 6.60. The van der Waals surface area contributed by atoms with Crippen LogP contribution in [0.3, 0.4) is 0 Å². The first-order valence-corrected chi connectivity index (χ1v) is 10.5. The second-order valence-electron chi connectivity index (χ2n) is 7.54. The maximum atomic E-state index is 12.9. The lowest BCUT2D eigenvalue weighted by atomic mass is 10.2. The monoisotopic (exact) mass is 490 g/mol. The van der Waals surface area contributed by atoms with Crippen LogP contribution in [0.1, 0.15) is 18.4 Å². The van der Waals surface area contributed by atoms with Crippen molar-refractivity contribution in [3.8, 4) is 11.5 Å². The lowest BCUT2D eigenvalue weighted by Crippen LogP contribution is -2.20. The van der Waals surface area contributed by atoms with Crippen LogP contribution in [-0.4, -0.2) is 16.9 Å². The average Bonchev–Trinajstić information content (AvgIpc) is 3.62. The van der Waals surface area contributed by atoms with Crippen molar-refractivity contribution in [2.24, 2.45) is 5.92 Å². The summed E-state index contributed by atoms with van der Waals surface area (Å²) >= 11 is 5.89. The average molecular weight is 491 g/mol. The number of ether oxygens (including phenoxy) is 1. The summed E-state index contributed by atoms with van der Waals surface area (Å²) in [5, 5.41) is 7.53. The highest BCUT2D eigenvalue weighted by molar-refractivity contribution is 6.33. The van der Waals surface area contributed by atoms with Gasteiger partial charge >= 0.3 is 12.2 Å². The predicted molar refractivity (Wildman–Crippen MR) is 121 cm³/mol. The lowest BCUT2D eigenvalue weighted by Gasteiger charge is -2.13. The molecule has 3 amide bonds. The summed E-state index contributed by atoms with van der Waals surface area (Å²) in [6.45, 7) is 0. The van der Waals surface area contributed by atoms with Crippen LogP contribution in [0.15, 0.2) is 60.8 Å². The molecule has 3 aromatic rings. The number of alkyl halides is 3. The largest absolute Gasteiger partial charge is 0.457 e. The molecule has 0 unspecified atom stereocenters. The maximum Gasteiger partial charge on any atom is 0.416 e. The molecule has 11 heteroatoms. The van der Waals surface area contributed by atoms with E-state index in [1.807, 2.05) is 0 Å². The highest BCUT2D eigenvalue weighted by Crippen LogP contribution is 2.34. The number of benzene rings is 2. The minimum Gasteiger partial charge on any atom is -0.457 e. The Morgan fingerprint density at radius 1 is 0.941 bits per heavy atom. The van der Waals surface area contributed by atoms with Gasteiger partial charge < -0.3 is 20.7 Å². The number of carbonyl (C=O) groups excluding carboxylic acids is 2. The van der Waals surface area contributed by atoms with Gasteiger partial charge in [0, 0.05) is 23.9 Å². The van der Waals surface area contributed by atoms with Crippen LogP contribution < -0.4 is 20.7 Å². The smallest absolute Gasteiger partial charge is 0.416 e. The van der Waals surface area contributed by atoms with Crippen LogP contribution in [0.2, 0.25) is 5.02 Å². The quantitative estimate of drug-likeness (QED) is 0.366. The second kappa shape index (κ2) is 9.60. The van der Waals surface area contributed by atoms with E-state index in [0.29, 0.717) is 23.0 Å². The first-order valence-electron chi connectivity index (χ1n) is 10.2. The molecule has 0 atom stereocenters. The van der Waals surface area contributed by atoms with Gasteiger partial charge in [-0.3, -0.25) is 4.79 Å². The summed E-state index contributed by atoms with van der Waals surface area (Å²) in [6.07, 6.45) is -1.29. The number of halogens is 4. The Morgan fingerprint density at radius 2 is 1.68 bits per heavy atom. The molecule has 1 aliphatic rings. The molecule has 0 saturated heterocycles. The number of urea groups is 1. The van der Waals surface area contributed by atoms with E-state index in [9.17, 15) is 22.8 Å². The number of carbonyl (C=O) groups is 2. The fourth-order valence-electron chi connectivity index (χ4n) is 2.94. The lowest BCUT2D eigenvalue weighted by molar-refractivity contribution is -0.137. The summed E-state index contributed by atoms with van der Waals surface area (Å²) in [5.74, 6) is 1.28. The Hall–Kier alpha value is -3.79. The maximum absolute atomic E-state index is 12.9. The van der Waals surface area contributed by atoms with Gasteiger partial charge in [0.1, 0.15) is 17.3 Å². The molecule has 34 heavy (non-hydrogen) atoms. The van der Waals surface area contributed by atoms with E-state index >= 15 is 0 Å². The molecule has 0 spiro atoms. The number of nitrogens with zero attached hydrogens (tertiary/aromatic N) is 1. The van der Waals surface area contributed by atoms with Crippen LogP contribution in [0.4, 0.5) is 35.2 Å². The Bertz CT molecular complexity index is 1210. The summed E-state index contributed by atoms with van der Waals surface area (Å²) in [5.41, 5.74) is -0.726. The van der Waals surface area contributed by atoms with Crippen molar-refractivity contribution in [2.75, 3.05) is 16.0 Å². The zero-order valence-corrected chi connectivity index (χ0v) is 18.2. The van der Waals surface area contributed by atoms with E-state index in [0.717, 1.165) is 31.0 Å². The molecule has 7 nitrogen and oxygen atoms in total. The Labute approximate surface area is 197 Å². The predicted octanol–water partition coefficient (Wildman–Crippen LogP) is 6.54. The first-order chi connectivity index (χ1) is 16.2. The van der Waals surface area contributed by atoms with Gasteiger partial charge in [-0.25, -0.2) is 9.78 Å². The SMILES string of the molecule is O=C(Nc1ccc(Oc2ccnc(NC(=O)C3CC3)c2)cc1)Nc1cc(C(F)(F)F)ccc1Cl. The van der Waals surface area contributed by atoms with Gasteiger partial charge in [-0.15, -0.1) is 0 Å². The molecule has 2 aromatic carbocycles. The summed E-state index contributed by atoms with van der Waals surface area (Å²) in [7, 11) is 0. The third-order valence-corrected chi connectivity index (χ3v) is 5.15. The van der Waals surface area contributed by atoms with Gasteiger partial charge in [-0.05, 0) is 61.4 Å². The summed E-state index contributed by atoms with van der Waals surface area (Å²) < 4.78 is 44.4. The van der Waals surface area contributed by atoms with Crippen molar-refractivity contribution in [3.63, 3.8) is 0 Å². The highest BCUT2D eigenvalue weighted by Gasteiger charge is 2.31. The van der Waals surface area contributed by atoms with E-state index < -0.39 is 17.8 Å². The van der Waals surface area contributed by atoms with Crippen molar-refractivity contribution in [3.05, 3.63) is 71.4 Å². The Balaban J connectivity index is 1.35. The van der Waals surface area contributed by atoms with Gasteiger partial charge in [0.25, 0.3) is 0 Å². The topological polar surface area (TPSA) is 92.3 Å². The third-order valence-electron chi connectivity index (χ3n) is 4.82. The van der Waals surface area contributed by atoms with Crippen LogP contribution in [-0.2, 0) is 11.0 Å². The second-order valence-corrected chi connectivity index (χ2v) is 7.95. The van der Waals surface area contributed by atoms with E-state index in [1.54, 1.807) is 36.4 Å². The zero-order chi connectivity index (χ0) is 24.3. The molecular formula is C23H18ClF3N4O3. The van der Waals surface area contributed by atoms with Crippen LogP contribution in [0, 0.1) is 5.92 Å². The van der Waals surface area contributed by atoms with Crippen molar-refractivity contribution < 1.29 is 27.5 Å². The minimum absolute atomic E-state index is 0.0306. The van der Waals surface area contributed by atoms with Crippen LogP contribution in [0.25, 0.3) is 0 Å². The Morgan fingerprint density at radius 3 is 2.35 bits per heavy atom. The number of nitrogens with one attached hydrogen (secondary N) is 3. The fraction of sp³-hybridized carbons (Fsp3) is 0.174. The molecule has 0 radical (unpaired) electrons. The number of amides is 3. The minimum atomic E-state index is -4.56. The molecule has 0 aliphatic heterocycles. The molecule has 176 valence electrons. The van der Waals surface area contributed by atoms with Crippen molar-refractivity contribution in [1.29, 1.82) is 0 Å². The van der Waals surface area contributed by atoms with E-state index in [2.05, 4.69) is 20.9 Å². The molecule has 3 N–H and O–H groups in total. The van der Waals surface area contributed by atoms with Crippen molar-refractivity contribution in [2.45, 2.75) is 19.0 Å². The summed E-state index contributed by atoms with van der Waals surface area (Å²) in [6, 6.07) is 11.4. The van der Waals surface area contributed by atoms with Gasteiger partial charge in [0.15, 0.2) is 0 Å². The molecule has 1 saturated carbocycles. The van der Waals surface area contributed by atoms with Crippen molar-refractivity contribution >= 4 is 40.7 Å². The van der Waals surface area contributed by atoms with Gasteiger partial charge in [-0.1, -0.05) is 11.6 Å². The van der Waals surface area contributed by atoms with Gasteiger partial charge in [-0.2, -0.15) is 13.2 Å². The van der Waals surface area contributed by atoms with E-state index in [4.69, 9.17) is 16.3 Å². The molecule has 4 rings (SSSR count). The fourth-order valence-corrected chi connectivity index (χ4v) is 3.11.